The Hall–Kier alpha value is -2.20. The zero-order chi connectivity index (χ0) is 16.2. The average molecular weight is 319 g/mol. The number of carboxylic acids is 1. The molecular formula is C11H14FN3O5S. The summed E-state index contributed by atoms with van der Waals surface area (Å²) in [7, 11) is -3.68. The molecule has 1 rings (SSSR count). The van der Waals surface area contributed by atoms with Gasteiger partial charge in [-0.3, -0.25) is 14.3 Å². The van der Waals surface area contributed by atoms with Crippen molar-refractivity contribution >= 4 is 33.3 Å². The van der Waals surface area contributed by atoms with Crippen LogP contribution in [0.3, 0.4) is 0 Å². The van der Waals surface area contributed by atoms with Crippen molar-refractivity contribution in [2.75, 3.05) is 16.3 Å². The summed E-state index contributed by atoms with van der Waals surface area (Å²) >= 11 is 0. The van der Waals surface area contributed by atoms with E-state index in [-0.39, 0.29) is 11.4 Å². The number of aliphatic carboxylic acids is 1. The van der Waals surface area contributed by atoms with E-state index in [2.05, 4.69) is 5.32 Å². The van der Waals surface area contributed by atoms with E-state index in [4.69, 9.17) is 10.8 Å². The zero-order valence-electron chi connectivity index (χ0n) is 11.0. The van der Waals surface area contributed by atoms with Gasteiger partial charge < -0.3 is 16.2 Å². The molecule has 0 bridgehead atoms. The van der Waals surface area contributed by atoms with Crippen molar-refractivity contribution in [2.45, 2.75) is 12.5 Å². The Balaban J connectivity index is 2.88. The van der Waals surface area contributed by atoms with Gasteiger partial charge in [0.25, 0.3) is 0 Å². The summed E-state index contributed by atoms with van der Waals surface area (Å²) in [5, 5.41) is 10.8. The Bertz CT molecular complexity index is 662. The van der Waals surface area contributed by atoms with E-state index in [0.717, 1.165) is 18.4 Å². The zero-order valence-corrected chi connectivity index (χ0v) is 11.8. The molecule has 0 aliphatic carbocycles. The van der Waals surface area contributed by atoms with Crippen LogP contribution in [0.15, 0.2) is 18.2 Å². The van der Waals surface area contributed by atoms with Crippen LogP contribution in [0.1, 0.15) is 6.42 Å². The molecule has 0 aliphatic rings. The van der Waals surface area contributed by atoms with Crippen molar-refractivity contribution in [3.8, 4) is 0 Å². The summed E-state index contributed by atoms with van der Waals surface area (Å²) in [4.78, 5) is 22.0. The molecule has 0 radical (unpaired) electrons. The van der Waals surface area contributed by atoms with E-state index in [1.807, 2.05) is 4.72 Å². The number of nitrogens with two attached hydrogens (primary N) is 1. The molecule has 0 saturated heterocycles. The average Bonchev–Trinajstić information content (AvgIpc) is 2.30. The van der Waals surface area contributed by atoms with Gasteiger partial charge in [-0.1, -0.05) is 0 Å². The van der Waals surface area contributed by atoms with Crippen molar-refractivity contribution < 1.29 is 27.5 Å². The number of carbonyl (C=O) groups excluding carboxylic acids is 1. The number of hydrogen-bond donors (Lipinski definition) is 4. The third-order valence-corrected chi connectivity index (χ3v) is 2.85. The van der Waals surface area contributed by atoms with Crippen LogP contribution in [0, 0.1) is 5.82 Å². The number of sulfonamides is 1. The lowest BCUT2D eigenvalue weighted by molar-refractivity contribution is -0.138. The number of halogens is 1. The van der Waals surface area contributed by atoms with Gasteiger partial charge in [-0.05, 0) is 18.2 Å². The van der Waals surface area contributed by atoms with Crippen LogP contribution in [0.25, 0.3) is 0 Å². The summed E-state index contributed by atoms with van der Waals surface area (Å²) in [5.74, 6) is -2.85. The Morgan fingerprint density at radius 1 is 1.43 bits per heavy atom. The van der Waals surface area contributed by atoms with Crippen LogP contribution in [0.2, 0.25) is 0 Å². The van der Waals surface area contributed by atoms with Gasteiger partial charge in [-0.25, -0.2) is 12.8 Å². The van der Waals surface area contributed by atoms with Crippen LogP contribution in [0.4, 0.5) is 15.8 Å². The highest BCUT2D eigenvalue weighted by molar-refractivity contribution is 7.92. The van der Waals surface area contributed by atoms with Gasteiger partial charge in [0.1, 0.15) is 5.82 Å². The molecule has 8 nitrogen and oxygen atoms in total. The Morgan fingerprint density at radius 3 is 2.57 bits per heavy atom. The lowest BCUT2D eigenvalue weighted by Gasteiger charge is -2.12. The van der Waals surface area contributed by atoms with Gasteiger partial charge >= 0.3 is 5.97 Å². The first-order valence-corrected chi connectivity index (χ1v) is 7.53. The van der Waals surface area contributed by atoms with E-state index in [9.17, 15) is 22.4 Å². The molecule has 0 fully saturated rings. The molecule has 0 aliphatic heterocycles. The van der Waals surface area contributed by atoms with Crippen LogP contribution in [-0.4, -0.2) is 37.7 Å². The number of rotatable bonds is 6. The van der Waals surface area contributed by atoms with Gasteiger partial charge in [-0.15, -0.1) is 0 Å². The van der Waals surface area contributed by atoms with E-state index >= 15 is 0 Å². The van der Waals surface area contributed by atoms with Crippen LogP contribution >= 0.6 is 0 Å². The minimum atomic E-state index is -3.68. The number of carboxylic acid groups (broad SMARTS) is 1. The summed E-state index contributed by atoms with van der Waals surface area (Å²) in [6.07, 6.45) is 0.280. The van der Waals surface area contributed by atoms with Crippen molar-refractivity contribution in [1.29, 1.82) is 0 Å². The number of benzene rings is 1. The monoisotopic (exact) mass is 319 g/mol. The second kappa shape index (κ2) is 6.50. The molecule has 21 heavy (non-hydrogen) atoms. The Morgan fingerprint density at radius 2 is 2.05 bits per heavy atom. The van der Waals surface area contributed by atoms with Crippen LogP contribution in [0.5, 0.6) is 0 Å². The highest BCUT2D eigenvalue weighted by atomic mass is 32.2. The molecule has 0 heterocycles. The Kier molecular flexibility index (Phi) is 5.22. The van der Waals surface area contributed by atoms with E-state index < -0.39 is 40.2 Å². The predicted octanol–water partition coefficient (Wildman–Crippen LogP) is -0.0623. The van der Waals surface area contributed by atoms with Gasteiger partial charge in [0.05, 0.1) is 24.4 Å². The first-order chi connectivity index (χ1) is 9.58. The quantitative estimate of drug-likeness (QED) is 0.579. The third-order valence-electron chi connectivity index (χ3n) is 2.26. The predicted molar refractivity (Wildman–Crippen MR) is 73.7 cm³/mol. The van der Waals surface area contributed by atoms with Crippen LogP contribution in [-0.2, 0) is 19.6 Å². The van der Waals surface area contributed by atoms with Gasteiger partial charge in [-0.2, -0.15) is 0 Å². The van der Waals surface area contributed by atoms with Crippen molar-refractivity contribution in [3.63, 3.8) is 0 Å². The van der Waals surface area contributed by atoms with Gasteiger partial charge in [0.2, 0.25) is 15.9 Å². The normalized spacial score (nSPS) is 12.5. The first kappa shape index (κ1) is 16.9. The standard InChI is InChI=1S/C11H14FN3O5S/c1-21(19,20)15-9-4-6(2-3-7(9)12)14-11(18)8(13)5-10(16)17/h2-4,8,15H,5,13H2,1H3,(H,14,18)(H,16,17). The minimum Gasteiger partial charge on any atom is -0.481 e. The summed E-state index contributed by atoms with van der Waals surface area (Å²) in [6, 6.07) is 1.92. The van der Waals surface area contributed by atoms with E-state index in [1.54, 1.807) is 0 Å². The number of anilines is 2. The molecule has 1 aromatic rings. The second-order valence-electron chi connectivity index (χ2n) is 4.26. The summed E-state index contributed by atoms with van der Waals surface area (Å²) < 4.78 is 37.5. The number of amides is 1. The second-order valence-corrected chi connectivity index (χ2v) is 6.01. The number of carbonyl (C=O) groups is 2. The summed E-state index contributed by atoms with van der Waals surface area (Å²) in [5.41, 5.74) is 5.09. The van der Waals surface area contributed by atoms with Crippen molar-refractivity contribution in [3.05, 3.63) is 24.0 Å². The molecule has 116 valence electrons. The lowest BCUT2D eigenvalue weighted by Crippen LogP contribution is -2.37. The fourth-order valence-corrected chi connectivity index (χ4v) is 1.95. The molecule has 1 aromatic carbocycles. The maximum absolute atomic E-state index is 13.4. The molecule has 1 amide bonds. The van der Waals surface area contributed by atoms with Crippen LogP contribution < -0.4 is 15.8 Å². The highest BCUT2D eigenvalue weighted by Crippen LogP contribution is 2.20. The maximum atomic E-state index is 13.4. The number of nitrogens with one attached hydrogen (secondary N) is 2. The third kappa shape index (κ3) is 5.75. The van der Waals surface area contributed by atoms with E-state index in [0.29, 0.717) is 0 Å². The topological polar surface area (TPSA) is 139 Å². The minimum absolute atomic E-state index is 0.0772. The highest BCUT2D eigenvalue weighted by Gasteiger charge is 2.18. The fraction of sp³-hybridized carbons (Fsp3) is 0.273. The molecular weight excluding hydrogens is 305 g/mol. The van der Waals surface area contributed by atoms with Gasteiger partial charge in [0.15, 0.2) is 0 Å². The Labute approximate surface area is 120 Å². The first-order valence-electron chi connectivity index (χ1n) is 5.64. The van der Waals surface area contributed by atoms with Crippen molar-refractivity contribution in [1.82, 2.24) is 0 Å². The lowest BCUT2D eigenvalue weighted by atomic mass is 10.2. The SMILES string of the molecule is CS(=O)(=O)Nc1cc(NC(=O)C(N)CC(=O)O)ccc1F. The molecule has 1 unspecified atom stereocenters. The molecule has 10 heteroatoms. The summed E-state index contributed by atoms with van der Waals surface area (Å²) in [6.45, 7) is 0. The van der Waals surface area contributed by atoms with Crippen molar-refractivity contribution in [2.24, 2.45) is 5.73 Å². The molecule has 0 saturated carbocycles. The molecule has 0 aromatic heterocycles. The molecule has 5 N–H and O–H groups in total. The van der Waals surface area contributed by atoms with Gasteiger partial charge in [0, 0.05) is 5.69 Å². The largest absolute Gasteiger partial charge is 0.481 e. The number of hydrogen-bond acceptors (Lipinski definition) is 5. The fourth-order valence-electron chi connectivity index (χ4n) is 1.40. The van der Waals surface area contributed by atoms with E-state index in [1.165, 1.54) is 6.07 Å². The maximum Gasteiger partial charge on any atom is 0.305 e. The smallest absolute Gasteiger partial charge is 0.305 e. The molecule has 1 atom stereocenters. The molecule has 0 spiro atoms.